The van der Waals surface area contributed by atoms with E-state index >= 15 is 0 Å². The van der Waals surface area contributed by atoms with Crippen molar-refractivity contribution in [2.24, 2.45) is 0 Å². The number of methoxy groups -OCH3 is 1. The van der Waals surface area contributed by atoms with Crippen molar-refractivity contribution in [2.45, 2.75) is 26.2 Å². The first-order chi connectivity index (χ1) is 10.9. The van der Waals surface area contributed by atoms with Crippen molar-refractivity contribution in [1.29, 1.82) is 0 Å². The summed E-state index contributed by atoms with van der Waals surface area (Å²) in [7, 11) is 1.51. The number of nitrogens with one attached hydrogen (secondary N) is 1. The fourth-order valence-corrected chi connectivity index (χ4v) is 3.44. The summed E-state index contributed by atoms with van der Waals surface area (Å²) in [5.74, 6) is 0.389. The van der Waals surface area contributed by atoms with Gasteiger partial charge in [-0.15, -0.1) is 0 Å². The van der Waals surface area contributed by atoms with Gasteiger partial charge in [-0.1, -0.05) is 6.07 Å². The zero-order valence-corrected chi connectivity index (χ0v) is 14.8. The average molecular weight is 376 g/mol. The van der Waals surface area contributed by atoms with E-state index in [9.17, 15) is 9.90 Å². The standard InChI is InChI=1S/C18H18BrNO3/c1-9-4-13-12(8-17(21)20-15(13)5-10(9)2)11-6-14(19)18(22)16(7-11)23-3/h4-7,12,22H,8H2,1-3H3,(H,20,21). The number of hydrogen-bond donors (Lipinski definition) is 2. The third kappa shape index (κ3) is 2.81. The molecule has 0 aliphatic carbocycles. The molecule has 0 saturated carbocycles. The molecule has 2 aromatic carbocycles. The largest absolute Gasteiger partial charge is 0.503 e. The lowest BCUT2D eigenvalue weighted by atomic mass is 9.83. The predicted octanol–water partition coefficient (Wildman–Crippen LogP) is 4.25. The van der Waals surface area contributed by atoms with Gasteiger partial charge >= 0.3 is 0 Å². The first-order valence-corrected chi connectivity index (χ1v) is 8.17. The lowest BCUT2D eigenvalue weighted by molar-refractivity contribution is -0.116. The molecule has 0 radical (unpaired) electrons. The van der Waals surface area contributed by atoms with Crippen LogP contribution in [0.2, 0.25) is 0 Å². The summed E-state index contributed by atoms with van der Waals surface area (Å²) in [6.07, 6.45) is 0.371. The summed E-state index contributed by atoms with van der Waals surface area (Å²) in [4.78, 5) is 12.1. The molecule has 1 aliphatic heterocycles. The van der Waals surface area contributed by atoms with E-state index in [4.69, 9.17) is 4.74 Å². The number of anilines is 1. The Hall–Kier alpha value is -2.01. The van der Waals surface area contributed by atoms with Crippen molar-refractivity contribution in [3.8, 4) is 11.5 Å². The van der Waals surface area contributed by atoms with E-state index < -0.39 is 0 Å². The number of phenolic OH excluding ortho intramolecular Hbond substituents is 1. The van der Waals surface area contributed by atoms with Crippen molar-refractivity contribution < 1.29 is 14.6 Å². The molecule has 1 atom stereocenters. The molecule has 1 unspecified atom stereocenters. The highest BCUT2D eigenvalue weighted by Crippen LogP contribution is 2.43. The van der Waals surface area contributed by atoms with Gasteiger partial charge in [0.1, 0.15) is 0 Å². The van der Waals surface area contributed by atoms with Crippen LogP contribution in [0.15, 0.2) is 28.7 Å². The molecule has 0 fully saturated rings. The van der Waals surface area contributed by atoms with Crippen LogP contribution in [0, 0.1) is 13.8 Å². The molecule has 0 bridgehead atoms. The molecule has 0 aromatic heterocycles. The van der Waals surface area contributed by atoms with Gasteiger partial charge in [-0.05, 0) is 70.2 Å². The van der Waals surface area contributed by atoms with E-state index in [-0.39, 0.29) is 17.6 Å². The number of amides is 1. The Morgan fingerprint density at radius 2 is 1.91 bits per heavy atom. The molecule has 23 heavy (non-hydrogen) atoms. The maximum absolute atomic E-state index is 12.1. The first-order valence-electron chi connectivity index (χ1n) is 7.38. The smallest absolute Gasteiger partial charge is 0.225 e. The minimum Gasteiger partial charge on any atom is -0.503 e. The molecule has 0 spiro atoms. The number of phenols is 1. The minimum absolute atomic E-state index is 0.00563. The van der Waals surface area contributed by atoms with Crippen LogP contribution in [0.3, 0.4) is 0 Å². The number of carbonyl (C=O) groups excluding carboxylic acids is 1. The average Bonchev–Trinajstić information content (AvgIpc) is 2.51. The van der Waals surface area contributed by atoms with Crippen LogP contribution in [-0.2, 0) is 4.79 Å². The summed E-state index contributed by atoms with van der Waals surface area (Å²) < 4.78 is 5.79. The zero-order chi connectivity index (χ0) is 16.7. The number of halogens is 1. The number of benzene rings is 2. The Bertz CT molecular complexity index is 801. The number of aromatic hydroxyl groups is 1. The molecule has 1 heterocycles. The molecule has 1 amide bonds. The number of ether oxygens (including phenoxy) is 1. The van der Waals surface area contributed by atoms with Crippen LogP contribution in [0.25, 0.3) is 0 Å². The van der Waals surface area contributed by atoms with E-state index in [0.29, 0.717) is 16.6 Å². The molecule has 1 aliphatic rings. The highest BCUT2D eigenvalue weighted by Gasteiger charge is 2.28. The second-order valence-corrected chi connectivity index (χ2v) is 6.74. The molecule has 120 valence electrons. The van der Waals surface area contributed by atoms with Crippen LogP contribution in [0.5, 0.6) is 11.5 Å². The minimum atomic E-state index is -0.0659. The van der Waals surface area contributed by atoms with Crippen molar-refractivity contribution in [3.63, 3.8) is 0 Å². The van der Waals surface area contributed by atoms with E-state index in [0.717, 1.165) is 22.4 Å². The second kappa shape index (κ2) is 5.89. The Labute approximate surface area is 143 Å². The van der Waals surface area contributed by atoms with Crippen molar-refractivity contribution in [2.75, 3.05) is 12.4 Å². The molecule has 5 heteroatoms. The van der Waals surface area contributed by atoms with Gasteiger partial charge in [0.15, 0.2) is 11.5 Å². The van der Waals surface area contributed by atoms with Crippen molar-refractivity contribution >= 4 is 27.5 Å². The third-order valence-corrected chi connectivity index (χ3v) is 4.98. The number of hydrogen-bond acceptors (Lipinski definition) is 3. The van der Waals surface area contributed by atoms with Crippen LogP contribution in [-0.4, -0.2) is 18.1 Å². The molecule has 4 nitrogen and oxygen atoms in total. The molecule has 0 saturated heterocycles. The lowest BCUT2D eigenvalue weighted by Crippen LogP contribution is -2.24. The summed E-state index contributed by atoms with van der Waals surface area (Å²) in [5, 5.41) is 12.9. The van der Waals surface area contributed by atoms with Gasteiger partial charge in [0, 0.05) is 18.0 Å². The normalized spacial score (nSPS) is 16.7. The van der Waals surface area contributed by atoms with Crippen LogP contribution >= 0.6 is 15.9 Å². The zero-order valence-electron chi connectivity index (χ0n) is 13.2. The predicted molar refractivity (Wildman–Crippen MR) is 93.4 cm³/mol. The fraction of sp³-hybridized carbons (Fsp3) is 0.278. The molecular weight excluding hydrogens is 358 g/mol. The molecule has 2 N–H and O–H groups in total. The summed E-state index contributed by atoms with van der Waals surface area (Å²) in [6.45, 7) is 4.10. The van der Waals surface area contributed by atoms with Crippen LogP contribution in [0.1, 0.15) is 34.6 Å². The Kier molecular flexibility index (Phi) is 4.06. The Balaban J connectivity index is 2.16. The van der Waals surface area contributed by atoms with Gasteiger partial charge < -0.3 is 15.2 Å². The van der Waals surface area contributed by atoms with E-state index in [2.05, 4.69) is 34.2 Å². The molecular formula is C18H18BrNO3. The SMILES string of the molecule is COc1cc(C2CC(=O)Nc3cc(C)c(C)cc32)cc(Br)c1O. The summed E-state index contributed by atoms with van der Waals surface area (Å²) in [6, 6.07) is 7.78. The van der Waals surface area contributed by atoms with Crippen molar-refractivity contribution in [3.05, 3.63) is 51.0 Å². The van der Waals surface area contributed by atoms with Crippen molar-refractivity contribution in [1.82, 2.24) is 0 Å². The summed E-state index contributed by atoms with van der Waals surface area (Å²) in [5.41, 5.74) is 5.22. The quantitative estimate of drug-likeness (QED) is 0.824. The topological polar surface area (TPSA) is 58.6 Å². The number of aryl methyl sites for hydroxylation is 2. The van der Waals surface area contributed by atoms with E-state index in [1.807, 2.05) is 19.1 Å². The highest BCUT2D eigenvalue weighted by molar-refractivity contribution is 9.10. The Morgan fingerprint density at radius 3 is 2.61 bits per heavy atom. The van der Waals surface area contributed by atoms with Crippen LogP contribution in [0.4, 0.5) is 5.69 Å². The van der Waals surface area contributed by atoms with Gasteiger partial charge in [0.25, 0.3) is 0 Å². The number of rotatable bonds is 2. The highest BCUT2D eigenvalue weighted by atomic mass is 79.9. The maximum atomic E-state index is 12.1. The van der Waals surface area contributed by atoms with Gasteiger partial charge in [-0.3, -0.25) is 4.79 Å². The van der Waals surface area contributed by atoms with Gasteiger partial charge in [-0.2, -0.15) is 0 Å². The first kappa shape index (κ1) is 15.9. The third-order valence-electron chi connectivity index (χ3n) is 4.38. The van der Waals surface area contributed by atoms with Gasteiger partial charge in [0.05, 0.1) is 11.6 Å². The number of fused-ring (bicyclic) bond motifs is 1. The van der Waals surface area contributed by atoms with Gasteiger partial charge in [-0.25, -0.2) is 0 Å². The summed E-state index contributed by atoms with van der Waals surface area (Å²) >= 11 is 3.35. The monoisotopic (exact) mass is 375 g/mol. The fourth-order valence-electron chi connectivity index (χ4n) is 2.98. The van der Waals surface area contributed by atoms with Gasteiger partial charge in [0.2, 0.25) is 5.91 Å². The van der Waals surface area contributed by atoms with Crippen LogP contribution < -0.4 is 10.1 Å². The molecule has 3 rings (SSSR count). The molecule has 2 aromatic rings. The second-order valence-electron chi connectivity index (χ2n) is 5.88. The van der Waals surface area contributed by atoms with E-state index in [1.54, 1.807) is 6.07 Å². The Morgan fingerprint density at radius 1 is 1.22 bits per heavy atom. The number of carbonyl (C=O) groups is 1. The maximum Gasteiger partial charge on any atom is 0.225 e. The van der Waals surface area contributed by atoms with E-state index in [1.165, 1.54) is 12.7 Å². The lowest BCUT2D eigenvalue weighted by Gasteiger charge is -2.27.